The van der Waals surface area contributed by atoms with Crippen LogP contribution in [0, 0.1) is 0 Å². The molecule has 1 N–H and O–H groups in total. The maximum Gasteiger partial charge on any atom is 0.253 e. The summed E-state index contributed by atoms with van der Waals surface area (Å²) in [5.74, 6) is -0.00326. The number of amides is 1. The number of pyridine rings is 1. The highest BCUT2D eigenvalue weighted by Crippen LogP contribution is 2.23. The molecular weight excluding hydrogens is 396 g/mol. The van der Waals surface area contributed by atoms with Gasteiger partial charge in [0, 0.05) is 30.0 Å². The monoisotopic (exact) mass is 424 g/mol. The van der Waals surface area contributed by atoms with Gasteiger partial charge in [0.15, 0.2) is 0 Å². The molecule has 0 saturated heterocycles. The van der Waals surface area contributed by atoms with E-state index in [2.05, 4.69) is 45.7 Å². The van der Waals surface area contributed by atoms with Gasteiger partial charge in [-0.2, -0.15) is 5.10 Å². The molecule has 1 aliphatic rings. The molecule has 4 aromatic rings. The summed E-state index contributed by atoms with van der Waals surface area (Å²) < 4.78 is 1.85. The first-order valence-electron chi connectivity index (χ1n) is 11.5. The average molecular weight is 425 g/mol. The maximum atomic E-state index is 13.3. The van der Waals surface area contributed by atoms with Crippen LogP contribution in [0.4, 0.5) is 0 Å². The topological polar surface area (TPSA) is 59.8 Å². The molecule has 32 heavy (non-hydrogen) atoms. The van der Waals surface area contributed by atoms with E-state index < -0.39 is 0 Å². The molecule has 0 aliphatic heterocycles. The van der Waals surface area contributed by atoms with Gasteiger partial charge >= 0.3 is 0 Å². The molecule has 0 bridgehead atoms. The summed E-state index contributed by atoms with van der Waals surface area (Å²) in [5, 5.41) is 8.58. The van der Waals surface area contributed by atoms with Crippen LogP contribution in [-0.2, 0) is 6.42 Å². The molecule has 0 atom stereocenters. The molecule has 1 fully saturated rings. The molecule has 5 nitrogen and oxygen atoms in total. The van der Waals surface area contributed by atoms with Crippen LogP contribution in [0.25, 0.3) is 16.6 Å². The lowest BCUT2D eigenvalue weighted by atomic mass is 9.98. The zero-order chi connectivity index (χ0) is 21.8. The molecular formula is C27H28N4O. The summed E-state index contributed by atoms with van der Waals surface area (Å²) in [7, 11) is 0. The van der Waals surface area contributed by atoms with Crippen molar-refractivity contribution in [2.45, 2.75) is 51.0 Å². The Kier molecular flexibility index (Phi) is 5.97. The standard InChI is InChI=1S/C27H28N4O/c32-27(30-23-8-3-1-2-4-9-23)25-19-21(18-22-7-5-14-28-26(22)25)17-20-10-12-24(13-11-20)31-16-6-15-29-31/h5-7,10-16,18-19,23H,1-4,8-9,17H2,(H,30,32). The smallest absolute Gasteiger partial charge is 0.253 e. The van der Waals surface area contributed by atoms with Crippen LogP contribution in [-0.4, -0.2) is 26.7 Å². The number of fused-ring (bicyclic) bond motifs is 1. The second-order valence-corrected chi connectivity index (χ2v) is 8.67. The van der Waals surface area contributed by atoms with Gasteiger partial charge in [-0.25, -0.2) is 4.68 Å². The Labute approximate surface area is 188 Å². The van der Waals surface area contributed by atoms with Crippen molar-refractivity contribution in [1.29, 1.82) is 0 Å². The van der Waals surface area contributed by atoms with Gasteiger partial charge in [0.05, 0.1) is 16.8 Å². The van der Waals surface area contributed by atoms with Crippen molar-refractivity contribution in [3.05, 3.63) is 89.9 Å². The summed E-state index contributed by atoms with van der Waals surface area (Å²) in [6.45, 7) is 0. The van der Waals surface area contributed by atoms with E-state index in [1.54, 1.807) is 12.4 Å². The van der Waals surface area contributed by atoms with Crippen LogP contribution in [0.5, 0.6) is 0 Å². The molecule has 5 rings (SSSR count). The van der Waals surface area contributed by atoms with Gasteiger partial charge in [-0.05, 0) is 66.8 Å². The zero-order valence-corrected chi connectivity index (χ0v) is 18.2. The Morgan fingerprint density at radius 2 is 1.75 bits per heavy atom. The number of carbonyl (C=O) groups excluding carboxylic acids is 1. The summed E-state index contributed by atoms with van der Waals surface area (Å²) >= 11 is 0. The first-order chi connectivity index (χ1) is 15.8. The molecule has 5 heteroatoms. The molecule has 0 radical (unpaired) electrons. The third-order valence-corrected chi connectivity index (χ3v) is 6.31. The predicted molar refractivity (Wildman–Crippen MR) is 127 cm³/mol. The van der Waals surface area contributed by atoms with Crippen LogP contribution >= 0.6 is 0 Å². The Hall–Kier alpha value is -3.47. The number of aromatic nitrogens is 3. The molecule has 2 heterocycles. The van der Waals surface area contributed by atoms with Crippen molar-refractivity contribution in [3.8, 4) is 5.69 Å². The predicted octanol–water partition coefficient (Wildman–Crippen LogP) is 5.46. The third-order valence-electron chi connectivity index (χ3n) is 6.31. The highest BCUT2D eigenvalue weighted by atomic mass is 16.1. The van der Waals surface area contributed by atoms with Gasteiger partial charge in [0.2, 0.25) is 0 Å². The third kappa shape index (κ3) is 4.57. The van der Waals surface area contributed by atoms with Crippen molar-refractivity contribution in [2.75, 3.05) is 0 Å². The molecule has 1 amide bonds. The SMILES string of the molecule is O=C(NC1CCCCCC1)c1cc(Cc2ccc(-n3cccn3)cc2)cc2cccnc12. The van der Waals surface area contributed by atoms with Gasteiger partial charge in [-0.3, -0.25) is 9.78 Å². The van der Waals surface area contributed by atoms with E-state index in [1.807, 2.05) is 35.1 Å². The fourth-order valence-electron chi connectivity index (χ4n) is 4.64. The van der Waals surface area contributed by atoms with E-state index in [9.17, 15) is 4.79 Å². The van der Waals surface area contributed by atoms with E-state index in [4.69, 9.17) is 0 Å². The van der Waals surface area contributed by atoms with Crippen LogP contribution < -0.4 is 5.32 Å². The van der Waals surface area contributed by atoms with E-state index in [0.29, 0.717) is 5.56 Å². The molecule has 1 aliphatic carbocycles. The molecule has 1 saturated carbocycles. The largest absolute Gasteiger partial charge is 0.349 e. The van der Waals surface area contributed by atoms with Crippen molar-refractivity contribution < 1.29 is 4.79 Å². The first-order valence-corrected chi connectivity index (χ1v) is 11.5. The molecule has 162 valence electrons. The fourth-order valence-corrected chi connectivity index (χ4v) is 4.64. The lowest BCUT2D eigenvalue weighted by Crippen LogP contribution is -2.34. The lowest BCUT2D eigenvalue weighted by Gasteiger charge is -2.17. The average Bonchev–Trinajstić information content (AvgIpc) is 3.24. The molecule has 2 aromatic heterocycles. The normalized spacial score (nSPS) is 14.9. The zero-order valence-electron chi connectivity index (χ0n) is 18.2. The Bertz CT molecular complexity index is 1190. The Morgan fingerprint density at radius 3 is 2.50 bits per heavy atom. The maximum absolute atomic E-state index is 13.3. The van der Waals surface area contributed by atoms with E-state index >= 15 is 0 Å². The van der Waals surface area contributed by atoms with Crippen LogP contribution in [0.2, 0.25) is 0 Å². The number of rotatable bonds is 5. The number of hydrogen-bond acceptors (Lipinski definition) is 3. The first kappa shape index (κ1) is 20.4. The van der Waals surface area contributed by atoms with E-state index in [0.717, 1.165) is 41.4 Å². The van der Waals surface area contributed by atoms with Crippen LogP contribution in [0.15, 0.2) is 73.2 Å². The van der Waals surface area contributed by atoms with Crippen molar-refractivity contribution in [3.63, 3.8) is 0 Å². The molecule has 0 spiro atoms. The number of nitrogens with zero attached hydrogens (tertiary/aromatic N) is 3. The Morgan fingerprint density at radius 1 is 0.938 bits per heavy atom. The van der Waals surface area contributed by atoms with Gasteiger partial charge in [0.1, 0.15) is 0 Å². The second-order valence-electron chi connectivity index (χ2n) is 8.67. The van der Waals surface area contributed by atoms with Gasteiger partial charge in [0.25, 0.3) is 5.91 Å². The summed E-state index contributed by atoms with van der Waals surface area (Å²) in [6, 6.07) is 18.7. The second kappa shape index (κ2) is 9.35. The summed E-state index contributed by atoms with van der Waals surface area (Å²) in [5.41, 5.74) is 4.79. The highest BCUT2D eigenvalue weighted by Gasteiger charge is 2.18. The van der Waals surface area contributed by atoms with Gasteiger partial charge in [-0.1, -0.05) is 43.9 Å². The van der Waals surface area contributed by atoms with Crippen LogP contribution in [0.1, 0.15) is 60.0 Å². The van der Waals surface area contributed by atoms with E-state index in [-0.39, 0.29) is 11.9 Å². The molecule has 2 aromatic carbocycles. The minimum atomic E-state index is -0.00326. The summed E-state index contributed by atoms with van der Waals surface area (Å²) in [6.07, 6.45) is 13.3. The minimum absolute atomic E-state index is 0.00326. The van der Waals surface area contributed by atoms with Crippen molar-refractivity contribution in [1.82, 2.24) is 20.1 Å². The number of benzene rings is 2. The number of hydrogen-bond donors (Lipinski definition) is 1. The van der Waals surface area contributed by atoms with Crippen LogP contribution in [0.3, 0.4) is 0 Å². The van der Waals surface area contributed by atoms with Crippen molar-refractivity contribution in [2.24, 2.45) is 0 Å². The lowest BCUT2D eigenvalue weighted by molar-refractivity contribution is 0.0935. The minimum Gasteiger partial charge on any atom is -0.349 e. The summed E-state index contributed by atoms with van der Waals surface area (Å²) in [4.78, 5) is 17.8. The molecule has 0 unspecified atom stereocenters. The van der Waals surface area contributed by atoms with Gasteiger partial charge in [-0.15, -0.1) is 0 Å². The Balaban J connectivity index is 1.40. The number of nitrogens with one attached hydrogen (secondary N) is 1. The highest BCUT2D eigenvalue weighted by molar-refractivity contribution is 6.05. The van der Waals surface area contributed by atoms with Crippen molar-refractivity contribution >= 4 is 16.8 Å². The van der Waals surface area contributed by atoms with E-state index in [1.165, 1.54) is 31.2 Å². The van der Waals surface area contributed by atoms with Gasteiger partial charge < -0.3 is 5.32 Å². The number of carbonyl (C=O) groups is 1. The fraction of sp³-hybridized carbons (Fsp3) is 0.296. The quantitative estimate of drug-likeness (QED) is 0.433.